The number of fused-ring (bicyclic) bond motifs is 2. The fraction of sp³-hybridized carbons (Fsp3) is 0.700. The van der Waals surface area contributed by atoms with Crippen LogP contribution in [0.3, 0.4) is 0 Å². The van der Waals surface area contributed by atoms with Crippen molar-refractivity contribution in [2.24, 2.45) is 5.92 Å². The third kappa shape index (κ3) is 3.26. The Morgan fingerprint density at radius 1 is 1.33 bits per heavy atom. The molecule has 4 heterocycles. The van der Waals surface area contributed by atoms with E-state index in [0.29, 0.717) is 12.4 Å². The third-order valence-electron chi connectivity index (χ3n) is 6.85. The normalized spacial score (nSPS) is 29.1. The zero-order valence-electron chi connectivity index (χ0n) is 18.7. The number of aromatic nitrogens is 5. The molecule has 4 rings (SSSR count). The first-order valence-electron chi connectivity index (χ1n) is 10.4. The minimum atomic E-state index is -2.08. The summed E-state index contributed by atoms with van der Waals surface area (Å²) in [6.07, 6.45) is 3.40. The molecular weight excluding hydrogens is 402 g/mol. The van der Waals surface area contributed by atoms with Crippen molar-refractivity contribution in [1.82, 2.24) is 24.3 Å². The maximum atomic E-state index is 12.8. The molecule has 2 fully saturated rings. The van der Waals surface area contributed by atoms with E-state index in [2.05, 4.69) is 62.8 Å². The van der Waals surface area contributed by atoms with Gasteiger partial charge in [-0.05, 0) is 30.1 Å². The van der Waals surface area contributed by atoms with Gasteiger partial charge in [-0.2, -0.15) is 10.1 Å². The molecule has 2 aliphatic heterocycles. The molecule has 164 valence electrons. The molecule has 30 heavy (non-hydrogen) atoms. The summed E-state index contributed by atoms with van der Waals surface area (Å²) in [7, 11) is -2.08. The van der Waals surface area contributed by atoms with Crippen molar-refractivity contribution in [3.63, 3.8) is 0 Å². The van der Waals surface area contributed by atoms with E-state index in [-0.39, 0.29) is 23.2 Å². The minimum Gasteiger partial charge on any atom is -0.408 e. The van der Waals surface area contributed by atoms with Crippen molar-refractivity contribution < 1.29 is 13.9 Å². The highest BCUT2D eigenvalue weighted by Gasteiger charge is 2.65. The second-order valence-electron chi connectivity index (χ2n) is 10.0. The lowest BCUT2D eigenvalue weighted by Gasteiger charge is -2.42. The van der Waals surface area contributed by atoms with Gasteiger partial charge in [-0.25, -0.2) is 14.5 Å². The first-order valence-corrected chi connectivity index (χ1v) is 13.3. The monoisotopic (exact) mass is 433 g/mol. The molecule has 9 nitrogen and oxygen atoms in total. The Balaban J connectivity index is 1.68. The van der Waals surface area contributed by atoms with Gasteiger partial charge in [0.15, 0.2) is 20.4 Å². The van der Waals surface area contributed by atoms with Crippen molar-refractivity contribution in [3.8, 4) is 5.82 Å². The maximum absolute atomic E-state index is 12.8. The molecular formula is C20H31N5O4Si. The number of rotatable bonds is 5. The van der Waals surface area contributed by atoms with Crippen LogP contribution < -0.4 is 5.69 Å². The van der Waals surface area contributed by atoms with Gasteiger partial charge in [0.05, 0.1) is 6.61 Å². The van der Waals surface area contributed by atoms with Crippen LogP contribution in [-0.2, 0) is 13.9 Å². The highest BCUT2D eigenvalue weighted by molar-refractivity contribution is 6.74. The molecule has 0 aromatic carbocycles. The summed E-state index contributed by atoms with van der Waals surface area (Å²) < 4.78 is 22.5. The molecule has 4 atom stereocenters. The fourth-order valence-electron chi connectivity index (χ4n) is 3.86. The van der Waals surface area contributed by atoms with Gasteiger partial charge in [0, 0.05) is 6.20 Å². The average Bonchev–Trinajstić information content (AvgIpc) is 3.36. The predicted octanol–water partition coefficient (Wildman–Crippen LogP) is 2.54. The summed E-state index contributed by atoms with van der Waals surface area (Å²) in [5.41, 5.74) is -1.01. The van der Waals surface area contributed by atoms with Gasteiger partial charge in [-0.3, -0.25) is 4.57 Å². The van der Waals surface area contributed by atoms with E-state index in [9.17, 15) is 4.79 Å². The van der Waals surface area contributed by atoms with Gasteiger partial charge >= 0.3 is 5.69 Å². The molecule has 0 amide bonds. The molecule has 2 aromatic heterocycles. The summed E-state index contributed by atoms with van der Waals surface area (Å²) in [5, 5.41) is 4.08. The highest BCUT2D eigenvalue weighted by atomic mass is 28.4. The number of nitrogens with zero attached hydrogens (tertiary/aromatic N) is 5. The van der Waals surface area contributed by atoms with Gasteiger partial charge in [0.1, 0.15) is 30.5 Å². The predicted molar refractivity (Wildman–Crippen MR) is 113 cm³/mol. The molecule has 0 N–H and O–H groups in total. The quantitative estimate of drug-likeness (QED) is 0.669. The van der Waals surface area contributed by atoms with E-state index in [1.54, 1.807) is 12.3 Å². The Hall–Kier alpha value is -1.88. The van der Waals surface area contributed by atoms with Gasteiger partial charge < -0.3 is 13.9 Å². The summed E-state index contributed by atoms with van der Waals surface area (Å²) >= 11 is 0. The van der Waals surface area contributed by atoms with Crippen molar-refractivity contribution in [1.29, 1.82) is 0 Å². The zero-order valence-corrected chi connectivity index (χ0v) is 19.7. The van der Waals surface area contributed by atoms with E-state index in [1.165, 1.54) is 21.9 Å². The summed E-state index contributed by atoms with van der Waals surface area (Å²) in [5.74, 6) is 0.575. The first-order chi connectivity index (χ1) is 14.0. The van der Waals surface area contributed by atoms with Gasteiger partial charge in [-0.15, -0.1) is 0 Å². The molecule has 0 spiro atoms. The Morgan fingerprint density at radius 2 is 2.07 bits per heavy atom. The van der Waals surface area contributed by atoms with Gasteiger partial charge in [0.25, 0.3) is 0 Å². The van der Waals surface area contributed by atoms with Crippen LogP contribution in [0.1, 0.15) is 40.8 Å². The topological polar surface area (TPSA) is 93.3 Å². The fourth-order valence-corrected chi connectivity index (χ4v) is 5.18. The summed E-state index contributed by atoms with van der Waals surface area (Å²) in [6, 6.07) is 1.72. The van der Waals surface area contributed by atoms with E-state index in [1.807, 2.05) is 0 Å². The van der Waals surface area contributed by atoms with E-state index >= 15 is 0 Å². The standard InChI is InChI=1S/C20H31N5O4Si/c1-13(2)20-10-27-15(16(20)29-30(6,7)19(3,4)5)17(28-20)24-9-8-14(23-18(24)26)25-12-21-11-22-25/h8-9,11-13,15-17H,10H2,1-7H3/t15-,16+,17-,20-/m1/s1. The van der Waals surface area contributed by atoms with E-state index in [0.717, 1.165) is 0 Å². The van der Waals surface area contributed by atoms with Crippen molar-refractivity contribution >= 4 is 8.32 Å². The van der Waals surface area contributed by atoms with Crippen LogP contribution in [0, 0.1) is 5.92 Å². The summed E-state index contributed by atoms with van der Waals surface area (Å²) in [6.45, 7) is 15.8. The van der Waals surface area contributed by atoms with E-state index in [4.69, 9.17) is 13.9 Å². The molecule has 0 unspecified atom stereocenters. The number of hydrogen-bond acceptors (Lipinski definition) is 7. The van der Waals surface area contributed by atoms with Crippen LogP contribution in [0.4, 0.5) is 0 Å². The number of ether oxygens (including phenoxy) is 2. The lowest BCUT2D eigenvalue weighted by atomic mass is 9.87. The number of hydrogen-bond donors (Lipinski definition) is 0. The Labute approximate surface area is 177 Å². The molecule has 0 radical (unpaired) electrons. The van der Waals surface area contributed by atoms with Crippen LogP contribution in [0.15, 0.2) is 29.7 Å². The van der Waals surface area contributed by atoms with Crippen molar-refractivity contribution in [2.45, 2.75) is 76.8 Å². The zero-order chi connectivity index (χ0) is 21.9. The van der Waals surface area contributed by atoms with Crippen LogP contribution in [0.5, 0.6) is 0 Å². The van der Waals surface area contributed by atoms with Crippen molar-refractivity contribution in [3.05, 3.63) is 35.4 Å². The van der Waals surface area contributed by atoms with Crippen LogP contribution >= 0.6 is 0 Å². The molecule has 0 saturated carbocycles. The second-order valence-corrected chi connectivity index (χ2v) is 14.8. The molecule has 10 heteroatoms. The minimum absolute atomic E-state index is 0.0561. The lowest BCUT2D eigenvalue weighted by molar-refractivity contribution is -0.190. The summed E-state index contributed by atoms with van der Waals surface area (Å²) in [4.78, 5) is 20.9. The Bertz CT molecular complexity index is 968. The Morgan fingerprint density at radius 3 is 2.63 bits per heavy atom. The third-order valence-corrected chi connectivity index (χ3v) is 11.3. The lowest BCUT2D eigenvalue weighted by Crippen LogP contribution is -2.53. The Kier molecular flexibility index (Phi) is 5.04. The molecule has 2 aromatic rings. The average molecular weight is 434 g/mol. The van der Waals surface area contributed by atoms with Crippen LogP contribution in [0.25, 0.3) is 5.82 Å². The molecule has 0 aliphatic carbocycles. The SMILES string of the molecule is CC(C)[C@@]12CO[C@@H]([C@H](n3ccc(-n4cncn4)nc3=O)O1)[C@@H]2O[Si](C)(C)C(C)(C)C. The van der Waals surface area contributed by atoms with Crippen molar-refractivity contribution in [2.75, 3.05) is 6.61 Å². The van der Waals surface area contributed by atoms with Crippen LogP contribution in [0.2, 0.25) is 18.1 Å². The smallest absolute Gasteiger partial charge is 0.351 e. The van der Waals surface area contributed by atoms with Gasteiger partial charge in [0.2, 0.25) is 0 Å². The highest BCUT2D eigenvalue weighted by Crippen LogP contribution is 2.52. The molecule has 2 bridgehead atoms. The first kappa shape index (κ1) is 21.4. The molecule has 2 aliphatic rings. The van der Waals surface area contributed by atoms with Gasteiger partial charge in [-0.1, -0.05) is 34.6 Å². The van der Waals surface area contributed by atoms with E-state index < -0.39 is 25.8 Å². The molecule has 2 saturated heterocycles. The second kappa shape index (κ2) is 7.08. The van der Waals surface area contributed by atoms with Crippen LogP contribution in [-0.4, -0.2) is 57.0 Å². The largest absolute Gasteiger partial charge is 0.408 e. The maximum Gasteiger partial charge on any atom is 0.351 e.